The van der Waals surface area contributed by atoms with Crippen LogP contribution in [0.2, 0.25) is 0 Å². The summed E-state index contributed by atoms with van der Waals surface area (Å²) in [6, 6.07) is 9.69. The van der Waals surface area contributed by atoms with Crippen LogP contribution in [0.4, 0.5) is 0 Å². The molecule has 0 saturated carbocycles. The number of nitrogens with zero attached hydrogens (tertiary/aromatic N) is 1. The second-order valence-corrected chi connectivity index (χ2v) is 3.22. The van der Waals surface area contributed by atoms with Crippen LogP contribution in [0.15, 0.2) is 35.3 Å². The molecule has 0 amide bonds. The van der Waals surface area contributed by atoms with Crippen molar-refractivity contribution >= 4 is 20.7 Å². The first-order valence-corrected chi connectivity index (χ1v) is 4.76. The minimum absolute atomic E-state index is 0.0725. The van der Waals surface area contributed by atoms with Gasteiger partial charge in [0.25, 0.3) is 0 Å². The minimum Gasteiger partial charge on any atom is -0.443 e. The maximum Gasteiger partial charge on any atom is 0.304 e. The zero-order valence-electron chi connectivity index (χ0n) is 7.93. The van der Waals surface area contributed by atoms with Crippen LogP contribution in [0.25, 0.3) is 0 Å². The van der Waals surface area contributed by atoms with E-state index in [1.165, 1.54) is 6.92 Å². The molecule has 4 heteroatoms. The largest absolute Gasteiger partial charge is 0.443 e. The fourth-order valence-electron chi connectivity index (χ4n) is 0.893. The van der Waals surface area contributed by atoms with Crippen LogP contribution in [0.1, 0.15) is 12.5 Å². The number of benzene rings is 1. The van der Waals surface area contributed by atoms with Gasteiger partial charge in [-0.2, -0.15) is 0 Å². The molecule has 0 aliphatic rings. The molecule has 0 fully saturated rings. The van der Waals surface area contributed by atoms with Crippen LogP contribution in [0, 0.1) is 0 Å². The zero-order chi connectivity index (χ0) is 10.4. The quantitative estimate of drug-likeness (QED) is 0.432. The monoisotopic (exact) mass is 209 g/mol. The number of ether oxygens (including phenoxy) is 1. The number of carbonyl (C=O) groups excluding carboxylic acids is 1. The number of aliphatic imine (C=N–C) groups is 1. The second-order valence-electron chi connectivity index (χ2n) is 2.67. The molecular weight excluding hydrogens is 197 g/mol. The summed E-state index contributed by atoms with van der Waals surface area (Å²) in [6.07, 6.45) is 0. The maximum absolute atomic E-state index is 10.5. The van der Waals surface area contributed by atoms with Crippen LogP contribution in [-0.2, 0) is 9.53 Å². The maximum atomic E-state index is 10.5. The van der Waals surface area contributed by atoms with Gasteiger partial charge in [0, 0.05) is 6.92 Å². The lowest BCUT2D eigenvalue weighted by atomic mass is 10.2. The van der Waals surface area contributed by atoms with Gasteiger partial charge < -0.3 is 4.74 Å². The minimum atomic E-state index is -0.320. The first-order valence-electron chi connectivity index (χ1n) is 4.19. The molecule has 0 aliphatic carbocycles. The molecule has 1 aromatic carbocycles. The summed E-state index contributed by atoms with van der Waals surface area (Å²) in [4.78, 5) is 14.5. The summed E-state index contributed by atoms with van der Waals surface area (Å²) in [5.74, 6) is -0.320. The van der Waals surface area contributed by atoms with Gasteiger partial charge in [-0.25, -0.2) is 4.99 Å². The molecule has 0 spiro atoms. The summed E-state index contributed by atoms with van der Waals surface area (Å²) in [5, 5.41) is 0. The third-order valence-electron chi connectivity index (χ3n) is 1.57. The fourth-order valence-corrected chi connectivity index (χ4v) is 1.16. The van der Waals surface area contributed by atoms with Gasteiger partial charge in [-0.05, 0) is 5.56 Å². The van der Waals surface area contributed by atoms with Crippen LogP contribution in [0.3, 0.4) is 0 Å². The lowest BCUT2D eigenvalue weighted by Crippen LogP contribution is -2.00. The molecule has 1 unspecified atom stereocenters. The summed E-state index contributed by atoms with van der Waals surface area (Å²) in [5.41, 5.74) is 1.79. The average Bonchev–Trinajstić information content (AvgIpc) is 2.18. The SMILES string of the molecule is CC(=O)OC/N=C(\P)c1ccccc1. The van der Waals surface area contributed by atoms with Crippen molar-refractivity contribution in [2.75, 3.05) is 6.73 Å². The van der Waals surface area contributed by atoms with Crippen molar-refractivity contribution in [1.82, 2.24) is 0 Å². The molecule has 1 aromatic rings. The van der Waals surface area contributed by atoms with E-state index in [9.17, 15) is 4.79 Å². The highest BCUT2D eigenvalue weighted by Crippen LogP contribution is 2.06. The standard InChI is InChI=1S/C10H12NO2P/c1-8(12)13-7-11-10(14)9-5-3-2-4-6-9/h2-6H,7,14H2,1H3/b11-10-. The Kier molecular flexibility index (Phi) is 4.27. The number of carbonyl (C=O) groups is 1. The normalized spacial score (nSPS) is 11.1. The zero-order valence-corrected chi connectivity index (χ0v) is 9.09. The molecule has 3 nitrogen and oxygen atoms in total. The Morgan fingerprint density at radius 2 is 2.07 bits per heavy atom. The van der Waals surface area contributed by atoms with E-state index in [0.717, 1.165) is 11.0 Å². The first kappa shape index (κ1) is 10.9. The van der Waals surface area contributed by atoms with Crippen molar-refractivity contribution in [3.63, 3.8) is 0 Å². The van der Waals surface area contributed by atoms with E-state index in [2.05, 4.69) is 14.2 Å². The van der Waals surface area contributed by atoms with E-state index in [4.69, 9.17) is 4.74 Å². The van der Waals surface area contributed by atoms with Gasteiger partial charge in [0.05, 0.1) is 5.45 Å². The van der Waals surface area contributed by atoms with Crippen LogP contribution in [0.5, 0.6) is 0 Å². The third-order valence-corrected chi connectivity index (χ3v) is 2.09. The van der Waals surface area contributed by atoms with Crippen molar-refractivity contribution in [1.29, 1.82) is 0 Å². The predicted molar refractivity (Wildman–Crippen MR) is 59.3 cm³/mol. The van der Waals surface area contributed by atoms with E-state index in [0.29, 0.717) is 0 Å². The van der Waals surface area contributed by atoms with E-state index in [1.54, 1.807) is 0 Å². The lowest BCUT2D eigenvalue weighted by Gasteiger charge is -2.00. The van der Waals surface area contributed by atoms with Crippen molar-refractivity contribution < 1.29 is 9.53 Å². The van der Waals surface area contributed by atoms with Gasteiger partial charge in [0.1, 0.15) is 0 Å². The fraction of sp³-hybridized carbons (Fsp3) is 0.200. The second kappa shape index (κ2) is 5.51. The van der Waals surface area contributed by atoms with Crippen LogP contribution in [-0.4, -0.2) is 18.2 Å². The van der Waals surface area contributed by atoms with Gasteiger partial charge >= 0.3 is 5.97 Å². The molecule has 0 aromatic heterocycles. The Labute approximate surface area is 85.4 Å². The summed E-state index contributed by atoms with van der Waals surface area (Å²) >= 11 is 0. The number of rotatable bonds is 3. The van der Waals surface area contributed by atoms with E-state index < -0.39 is 0 Å². The third kappa shape index (κ3) is 3.67. The molecular formula is C10H12NO2P. The predicted octanol–water partition coefficient (Wildman–Crippen LogP) is 1.83. The van der Waals surface area contributed by atoms with Crippen molar-refractivity contribution in [2.24, 2.45) is 4.99 Å². The van der Waals surface area contributed by atoms with Crippen LogP contribution < -0.4 is 0 Å². The Hall–Kier alpha value is -1.21. The van der Waals surface area contributed by atoms with Crippen LogP contribution >= 0.6 is 9.24 Å². The van der Waals surface area contributed by atoms with Crippen molar-refractivity contribution in [2.45, 2.75) is 6.92 Å². The highest BCUT2D eigenvalue weighted by atomic mass is 31.0. The van der Waals surface area contributed by atoms with Gasteiger partial charge in [-0.3, -0.25) is 4.79 Å². The van der Waals surface area contributed by atoms with Crippen molar-refractivity contribution in [3.05, 3.63) is 35.9 Å². The molecule has 1 atom stereocenters. The summed E-state index contributed by atoms with van der Waals surface area (Å²) in [6.45, 7) is 1.43. The molecule has 0 N–H and O–H groups in total. The molecule has 1 rings (SSSR count). The molecule has 74 valence electrons. The molecule has 0 heterocycles. The highest BCUT2D eigenvalue weighted by Gasteiger charge is 1.95. The van der Waals surface area contributed by atoms with E-state index >= 15 is 0 Å². The van der Waals surface area contributed by atoms with Gasteiger partial charge in [-0.1, -0.05) is 39.6 Å². The van der Waals surface area contributed by atoms with Gasteiger partial charge in [-0.15, -0.1) is 0 Å². The number of esters is 1. The molecule has 0 saturated heterocycles. The van der Waals surface area contributed by atoms with Gasteiger partial charge in [0.15, 0.2) is 6.73 Å². The van der Waals surface area contributed by atoms with E-state index in [1.807, 2.05) is 30.3 Å². The molecule has 0 radical (unpaired) electrons. The summed E-state index contributed by atoms with van der Waals surface area (Å²) < 4.78 is 4.69. The van der Waals surface area contributed by atoms with E-state index in [-0.39, 0.29) is 12.7 Å². The Bertz CT molecular complexity index is 335. The smallest absolute Gasteiger partial charge is 0.304 e. The Morgan fingerprint density at radius 3 is 2.64 bits per heavy atom. The molecule has 0 bridgehead atoms. The number of hydrogen-bond donors (Lipinski definition) is 0. The first-order chi connectivity index (χ1) is 6.70. The number of hydrogen-bond acceptors (Lipinski definition) is 3. The summed E-state index contributed by atoms with van der Waals surface area (Å²) in [7, 11) is 2.51. The average molecular weight is 209 g/mol. The highest BCUT2D eigenvalue weighted by molar-refractivity contribution is 7.42. The molecule has 14 heavy (non-hydrogen) atoms. The molecule has 0 aliphatic heterocycles. The Balaban J connectivity index is 2.57. The van der Waals surface area contributed by atoms with Gasteiger partial charge in [0.2, 0.25) is 0 Å². The Morgan fingerprint density at radius 1 is 1.43 bits per heavy atom. The topological polar surface area (TPSA) is 38.7 Å². The lowest BCUT2D eigenvalue weighted by molar-refractivity contribution is -0.140. The van der Waals surface area contributed by atoms with Crippen molar-refractivity contribution in [3.8, 4) is 0 Å².